The van der Waals surface area contributed by atoms with E-state index in [1.54, 1.807) is 13.0 Å². The van der Waals surface area contributed by atoms with Crippen LogP contribution in [0.3, 0.4) is 0 Å². The fourth-order valence-corrected chi connectivity index (χ4v) is 2.92. The molecular weight excluding hydrogens is 338 g/mol. The highest BCUT2D eigenvalue weighted by atomic mass is 32.2. The van der Waals surface area contributed by atoms with Gasteiger partial charge in [-0.3, -0.25) is 9.59 Å². The molecule has 0 unspecified atom stereocenters. The fraction of sp³-hybridized carbons (Fsp3) is 0.389. The van der Waals surface area contributed by atoms with Crippen molar-refractivity contribution in [2.45, 2.75) is 26.2 Å². The molecule has 0 fully saturated rings. The van der Waals surface area contributed by atoms with Gasteiger partial charge in [-0.05, 0) is 24.8 Å². The maximum Gasteiger partial charge on any atom is 0.235 e. The second-order valence-electron chi connectivity index (χ2n) is 5.81. The lowest BCUT2D eigenvalue weighted by atomic mass is 9.98. The first kappa shape index (κ1) is 19.1. The smallest absolute Gasteiger partial charge is 0.235 e. The Hall–Kier alpha value is -2.28. The number of nitrogens with one attached hydrogen (secondary N) is 2. The molecule has 2 aromatic rings. The summed E-state index contributed by atoms with van der Waals surface area (Å²) in [5.41, 5.74) is 1.27. The lowest BCUT2D eigenvalue weighted by Crippen LogP contribution is -2.27. The molecule has 0 saturated carbocycles. The van der Waals surface area contributed by atoms with E-state index in [1.807, 2.05) is 18.2 Å². The number of hydrogen-bond donors (Lipinski definition) is 2. The van der Waals surface area contributed by atoms with Gasteiger partial charge in [-0.15, -0.1) is 11.8 Å². The van der Waals surface area contributed by atoms with E-state index in [0.717, 1.165) is 6.42 Å². The van der Waals surface area contributed by atoms with Gasteiger partial charge in [-0.1, -0.05) is 42.4 Å². The van der Waals surface area contributed by atoms with Gasteiger partial charge in [0, 0.05) is 12.6 Å². The number of carbonyl (C=O) groups excluding carboxylic acids is 2. The van der Waals surface area contributed by atoms with Gasteiger partial charge in [0.1, 0.15) is 5.76 Å². The number of amides is 2. The van der Waals surface area contributed by atoms with Crippen LogP contribution in [0.4, 0.5) is 5.82 Å². The molecule has 0 aliphatic rings. The Morgan fingerprint density at radius 2 is 1.92 bits per heavy atom. The topological polar surface area (TPSA) is 84.2 Å². The van der Waals surface area contributed by atoms with E-state index in [9.17, 15) is 9.59 Å². The molecular formula is C18H23N3O3S. The van der Waals surface area contributed by atoms with Gasteiger partial charge in [-0.25, -0.2) is 0 Å². The first-order chi connectivity index (χ1) is 12.0. The number of rotatable bonds is 9. The molecule has 0 radical (unpaired) electrons. The number of carbonyl (C=O) groups is 2. The zero-order chi connectivity index (χ0) is 18.1. The van der Waals surface area contributed by atoms with Gasteiger partial charge >= 0.3 is 0 Å². The van der Waals surface area contributed by atoms with Crippen LogP contribution in [-0.2, 0) is 9.59 Å². The van der Waals surface area contributed by atoms with Crippen molar-refractivity contribution >= 4 is 29.4 Å². The molecule has 1 heterocycles. The molecule has 0 bridgehead atoms. The monoisotopic (exact) mass is 361 g/mol. The number of anilines is 1. The Labute approximate surface area is 151 Å². The Kier molecular flexibility index (Phi) is 7.53. The zero-order valence-corrected chi connectivity index (χ0v) is 15.3. The average molecular weight is 361 g/mol. The molecule has 0 aliphatic heterocycles. The summed E-state index contributed by atoms with van der Waals surface area (Å²) in [5, 5.41) is 9.19. The normalized spacial score (nSPS) is 11.8. The molecule has 0 aliphatic carbocycles. The first-order valence-corrected chi connectivity index (χ1v) is 9.32. The summed E-state index contributed by atoms with van der Waals surface area (Å²) < 4.78 is 4.87. The van der Waals surface area contributed by atoms with Crippen LogP contribution >= 0.6 is 11.8 Å². The van der Waals surface area contributed by atoms with Crippen LogP contribution in [0.15, 0.2) is 40.9 Å². The van der Waals surface area contributed by atoms with Crippen molar-refractivity contribution in [1.29, 1.82) is 0 Å². The van der Waals surface area contributed by atoms with Gasteiger partial charge in [0.15, 0.2) is 5.82 Å². The molecule has 2 amide bonds. The van der Waals surface area contributed by atoms with E-state index in [0.29, 0.717) is 24.0 Å². The summed E-state index contributed by atoms with van der Waals surface area (Å²) in [6.07, 6.45) is 0.881. The molecule has 1 aromatic carbocycles. The molecule has 7 heteroatoms. The van der Waals surface area contributed by atoms with E-state index in [1.165, 1.54) is 17.3 Å². The van der Waals surface area contributed by atoms with Crippen LogP contribution in [-0.4, -0.2) is 35.0 Å². The molecule has 0 spiro atoms. The second kappa shape index (κ2) is 9.88. The van der Waals surface area contributed by atoms with E-state index in [-0.39, 0.29) is 23.3 Å². The fourth-order valence-electron chi connectivity index (χ4n) is 2.27. The Morgan fingerprint density at radius 3 is 2.60 bits per heavy atom. The van der Waals surface area contributed by atoms with Crippen molar-refractivity contribution in [2.24, 2.45) is 0 Å². The van der Waals surface area contributed by atoms with Gasteiger partial charge in [0.25, 0.3) is 0 Å². The summed E-state index contributed by atoms with van der Waals surface area (Å²) in [6.45, 7) is 4.52. The van der Waals surface area contributed by atoms with Crippen LogP contribution in [0.1, 0.15) is 30.6 Å². The summed E-state index contributed by atoms with van der Waals surface area (Å²) >= 11 is 1.27. The molecule has 0 saturated heterocycles. The quantitative estimate of drug-likeness (QED) is 0.717. The minimum atomic E-state index is -0.205. The molecule has 134 valence electrons. The van der Waals surface area contributed by atoms with E-state index < -0.39 is 0 Å². The minimum Gasteiger partial charge on any atom is -0.360 e. The van der Waals surface area contributed by atoms with E-state index in [2.05, 4.69) is 34.8 Å². The minimum absolute atomic E-state index is 0.0599. The van der Waals surface area contributed by atoms with Crippen molar-refractivity contribution in [3.05, 3.63) is 47.7 Å². The standard InChI is InChI=1S/C18H23N3O3S/c1-13(15-6-4-3-5-7-15)8-9-19-17(22)11-25-12-18(23)20-16-10-14(2)24-21-16/h3-7,10,13H,8-9,11-12H2,1-2H3,(H,19,22)(H,20,21,23)/t13-/m1/s1. The third kappa shape index (κ3) is 7.01. The largest absolute Gasteiger partial charge is 0.360 e. The number of hydrogen-bond acceptors (Lipinski definition) is 5. The zero-order valence-electron chi connectivity index (χ0n) is 14.5. The number of benzene rings is 1. The molecule has 2 N–H and O–H groups in total. The van der Waals surface area contributed by atoms with E-state index >= 15 is 0 Å². The summed E-state index contributed by atoms with van der Waals surface area (Å²) in [7, 11) is 0. The van der Waals surface area contributed by atoms with Crippen molar-refractivity contribution in [1.82, 2.24) is 10.5 Å². The summed E-state index contributed by atoms with van der Waals surface area (Å²) in [6, 6.07) is 11.9. The molecule has 1 atom stereocenters. The summed E-state index contributed by atoms with van der Waals surface area (Å²) in [5.74, 6) is 1.60. The van der Waals surface area contributed by atoms with Crippen molar-refractivity contribution in [3.63, 3.8) is 0 Å². The lowest BCUT2D eigenvalue weighted by molar-refractivity contribution is -0.118. The Balaban J connectivity index is 1.57. The SMILES string of the molecule is Cc1cc(NC(=O)CSCC(=O)NCC[C@@H](C)c2ccccc2)no1. The van der Waals surface area contributed by atoms with Gasteiger partial charge in [-0.2, -0.15) is 0 Å². The number of aromatic nitrogens is 1. The highest BCUT2D eigenvalue weighted by Crippen LogP contribution is 2.17. The predicted octanol–water partition coefficient (Wildman–Crippen LogP) is 2.96. The maximum absolute atomic E-state index is 11.8. The number of thioether (sulfide) groups is 1. The Bertz CT molecular complexity index is 688. The molecule has 1 aromatic heterocycles. The van der Waals surface area contributed by atoms with Crippen molar-refractivity contribution in [2.75, 3.05) is 23.4 Å². The van der Waals surface area contributed by atoms with Gasteiger partial charge in [0.2, 0.25) is 11.8 Å². The third-order valence-corrected chi connectivity index (χ3v) is 4.56. The average Bonchev–Trinajstić information content (AvgIpc) is 3.00. The second-order valence-corrected chi connectivity index (χ2v) is 6.80. The Morgan fingerprint density at radius 1 is 1.20 bits per heavy atom. The number of aryl methyl sites for hydroxylation is 1. The lowest BCUT2D eigenvalue weighted by Gasteiger charge is -2.12. The van der Waals surface area contributed by atoms with Crippen LogP contribution in [0.2, 0.25) is 0 Å². The molecule has 2 rings (SSSR count). The van der Waals surface area contributed by atoms with Crippen LogP contribution < -0.4 is 10.6 Å². The first-order valence-electron chi connectivity index (χ1n) is 8.17. The predicted molar refractivity (Wildman–Crippen MR) is 99.7 cm³/mol. The summed E-state index contributed by atoms with van der Waals surface area (Å²) in [4.78, 5) is 23.5. The van der Waals surface area contributed by atoms with Crippen molar-refractivity contribution < 1.29 is 14.1 Å². The van der Waals surface area contributed by atoms with Crippen LogP contribution in [0.25, 0.3) is 0 Å². The van der Waals surface area contributed by atoms with Gasteiger partial charge in [0.05, 0.1) is 11.5 Å². The molecule has 25 heavy (non-hydrogen) atoms. The number of nitrogens with zero attached hydrogens (tertiary/aromatic N) is 1. The van der Waals surface area contributed by atoms with E-state index in [4.69, 9.17) is 4.52 Å². The highest BCUT2D eigenvalue weighted by Gasteiger charge is 2.09. The molecule has 6 nitrogen and oxygen atoms in total. The maximum atomic E-state index is 11.8. The highest BCUT2D eigenvalue weighted by molar-refractivity contribution is 8.00. The van der Waals surface area contributed by atoms with Crippen LogP contribution in [0.5, 0.6) is 0 Å². The van der Waals surface area contributed by atoms with Gasteiger partial charge < -0.3 is 15.2 Å². The van der Waals surface area contributed by atoms with Crippen molar-refractivity contribution in [3.8, 4) is 0 Å². The van der Waals surface area contributed by atoms with Crippen LogP contribution in [0, 0.1) is 6.92 Å². The third-order valence-electron chi connectivity index (χ3n) is 3.63.